The number of nitrogens with zero attached hydrogens (tertiary/aromatic N) is 4. The van der Waals surface area contributed by atoms with Gasteiger partial charge in [-0.15, -0.1) is 0 Å². The van der Waals surface area contributed by atoms with Crippen LogP contribution in [0.2, 0.25) is 5.02 Å². The Balaban J connectivity index is 1.65. The lowest BCUT2D eigenvalue weighted by Crippen LogP contribution is -2.12. The molecule has 1 unspecified atom stereocenters. The minimum Gasteiger partial charge on any atom is -0.481 e. The molecule has 3 aromatic heterocycles. The van der Waals surface area contributed by atoms with E-state index in [1.54, 1.807) is 25.1 Å². The zero-order valence-electron chi connectivity index (χ0n) is 16.2. The van der Waals surface area contributed by atoms with Crippen molar-refractivity contribution in [2.24, 2.45) is 5.92 Å². The number of hydrogen-bond acceptors (Lipinski definition) is 5. The highest BCUT2D eigenvalue weighted by Gasteiger charge is 2.32. The molecule has 0 aliphatic rings. The van der Waals surface area contributed by atoms with Crippen LogP contribution < -0.4 is 0 Å². The highest BCUT2D eigenvalue weighted by atomic mass is 79.9. The van der Waals surface area contributed by atoms with Gasteiger partial charge in [0.1, 0.15) is 5.69 Å². The lowest BCUT2D eigenvalue weighted by atomic mass is 10.00. The van der Waals surface area contributed by atoms with E-state index in [4.69, 9.17) is 21.2 Å². The molecule has 0 spiro atoms. The molecule has 0 aliphatic heterocycles. The number of benzene rings is 1. The Hall–Kier alpha value is -2.92. The third kappa shape index (κ3) is 4.35. The normalized spacial score (nSPS) is 12.9. The Kier molecular flexibility index (Phi) is 5.72. The average Bonchev–Trinajstić information content (AvgIpc) is 3.34. The fraction of sp³-hybridized carbons (Fsp3) is 0.200. The van der Waals surface area contributed by atoms with E-state index >= 15 is 0 Å². The number of carboxylic acid groups (broad SMARTS) is 1. The molecule has 1 aromatic carbocycles. The van der Waals surface area contributed by atoms with Crippen molar-refractivity contribution in [3.8, 4) is 23.0 Å². The van der Waals surface area contributed by atoms with Gasteiger partial charge in [-0.1, -0.05) is 29.7 Å². The summed E-state index contributed by atoms with van der Waals surface area (Å²) in [5.41, 5.74) is 0.798. The van der Waals surface area contributed by atoms with Gasteiger partial charge in [-0.05, 0) is 46.1 Å². The summed E-state index contributed by atoms with van der Waals surface area (Å²) >= 11 is 9.43. The summed E-state index contributed by atoms with van der Waals surface area (Å²) in [6, 6.07) is 5.94. The molecule has 166 valence electrons. The first-order chi connectivity index (χ1) is 15.0. The summed E-state index contributed by atoms with van der Waals surface area (Å²) in [6.45, 7) is 1.60. The number of aromatic nitrogens is 4. The Morgan fingerprint density at radius 3 is 2.69 bits per heavy atom. The number of carbonyl (C=O) groups is 1. The third-order valence-electron chi connectivity index (χ3n) is 4.72. The molecule has 0 fully saturated rings. The van der Waals surface area contributed by atoms with E-state index in [9.17, 15) is 18.0 Å². The fourth-order valence-electron chi connectivity index (χ4n) is 3.06. The van der Waals surface area contributed by atoms with E-state index in [0.29, 0.717) is 17.0 Å². The van der Waals surface area contributed by atoms with Gasteiger partial charge in [-0.2, -0.15) is 18.2 Å². The minimum atomic E-state index is -4.51. The van der Waals surface area contributed by atoms with Crippen molar-refractivity contribution in [1.82, 2.24) is 19.5 Å². The van der Waals surface area contributed by atoms with Crippen molar-refractivity contribution in [2.75, 3.05) is 0 Å². The first-order valence-electron chi connectivity index (χ1n) is 9.14. The van der Waals surface area contributed by atoms with E-state index in [0.717, 1.165) is 17.8 Å². The second-order valence-corrected chi connectivity index (χ2v) is 8.37. The van der Waals surface area contributed by atoms with E-state index in [1.165, 1.54) is 10.6 Å². The Labute approximate surface area is 192 Å². The van der Waals surface area contributed by atoms with Gasteiger partial charge in [0.15, 0.2) is 5.65 Å². The number of halogens is 5. The SMILES string of the molecule is CC(Cc1ccc(-c2noc(-c3cn4cc(C(F)(F)F)cc(Br)c4n3)n2)c(Cl)c1)C(=O)O. The van der Waals surface area contributed by atoms with Gasteiger partial charge < -0.3 is 14.0 Å². The number of pyridine rings is 1. The number of aliphatic carboxylic acids is 1. The molecule has 0 bridgehead atoms. The van der Waals surface area contributed by atoms with Crippen molar-refractivity contribution < 1.29 is 27.6 Å². The van der Waals surface area contributed by atoms with Gasteiger partial charge in [0.25, 0.3) is 5.89 Å². The van der Waals surface area contributed by atoms with Crippen molar-refractivity contribution in [3.63, 3.8) is 0 Å². The number of fused-ring (bicyclic) bond motifs is 1. The maximum Gasteiger partial charge on any atom is 0.417 e. The summed E-state index contributed by atoms with van der Waals surface area (Å²) in [5, 5.41) is 13.2. The summed E-state index contributed by atoms with van der Waals surface area (Å²) in [4.78, 5) is 19.6. The second kappa shape index (κ2) is 8.21. The zero-order valence-corrected chi connectivity index (χ0v) is 18.5. The van der Waals surface area contributed by atoms with Crippen LogP contribution in [0, 0.1) is 5.92 Å². The van der Waals surface area contributed by atoms with Crippen LogP contribution >= 0.6 is 27.5 Å². The van der Waals surface area contributed by atoms with Gasteiger partial charge in [0, 0.05) is 18.0 Å². The van der Waals surface area contributed by atoms with Gasteiger partial charge >= 0.3 is 12.1 Å². The summed E-state index contributed by atoms with van der Waals surface area (Å²) in [5.74, 6) is -1.31. The zero-order chi connectivity index (χ0) is 23.2. The first-order valence-corrected chi connectivity index (χ1v) is 10.3. The van der Waals surface area contributed by atoms with Crippen molar-refractivity contribution in [1.29, 1.82) is 0 Å². The molecule has 1 N–H and O–H groups in total. The van der Waals surface area contributed by atoms with Gasteiger partial charge in [-0.3, -0.25) is 4.79 Å². The van der Waals surface area contributed by atoms with Crippen LogP contribution in [0.1, 0.15) is 18.1 Å². The van der Waals surface area contributed by atoms with Gasteiger partial charge in [0.2, 0.25) is 5.82 Å². The van der Waals surface area contributed by atoms with Crippen LogP contribution in [0.5, 0.6) is 0 Å². The quantitative estimate of drug-likeness (QED) is 0.354. The van der Waals surface area contributed by atoms with Crippen LogP contribution in [0.4, 0.5) is 13.2 Å². The molecule has 0 saturated heterocycles. The predicted octanol–water partition coefficient (Wildman–Crippen LogP) is 5.75. The van der Waals surface area contributed by atoms with E-state index in [1.807, 2.05) is 0 Å². The predicted molar refractivity (Wildman–Crippen MR) is 112 cm³/mol. The molecular weight excluding hydrogens is 517 g/mol. The molecule has 0 saturated carbocycles. The Bertz CT molecular complexity index is 1340. The Morgan fingerprint density at radius 2 is 2.03 bits per heavy atom. The molecular formula is C20H13BrClF3N4O3. The van der Waals surface area contributed by atoms with Crippen LogP contribution in [-0.2, 0) is 17.4 Å². The van der Waals surface area contributed by atoms with Gasteiger partial charge in [-0.25, -0.2) is 4.98 Å². The summed E-state index contributed by atoms with van der Waals surface area (Å²) in [6.07, 6.45) is -1.93. The maximum atomic E-state index is 13.1. The number of carboxylic acids is 1. The molecule has 7 nitrogen and oxygen atoms in total. The van der Waals surface area contributed by atoms with E-state index < -0.39 is 23.6 Å². The molecule has 3 heterocycles. The molecule has 0 amide bonds. The lowest BCUT2D eigenvalue weighted by molar-refractivity contribution is -0.141. The largest absolute Gasteiger partial charge is 0.481 e. The van der Waals surface area contributed by atoms with Crippen molar-refractivity contribution in [3.05, 3.63) is 57.3 Å². The highest BCUT2D eigenvalue weighted by molar-refractivity contribution is 9.10. The van der Waals surface area contributed by atoms with Crippen LogP contribution in [0.15, 0.2) is 45.7 Å². The number of rotatable bonds is 5. The lowest BCUT2D eigenvalue weighted by Gasteiger charge is -2.07. The minimum absolute atomic E-state index is 0.00352. The number of imidazole rings is 1. The molecule has 1 atom stereocenters. The third-order valence-corrected chi connectivity index (χ3v) is 5.61. The van der Waals surface area contributed by atoms with Crippen LogP contribution in [0.25, 0.3) is 28.6 Å². The summed E-state index contributed by atoms with van der Waals surface area (Å²) in [7, 11) is 0. The van der Waals surface area contributed by atoms with E-state index in [-0.39, 0.29) is 27.5 Å². The molecule has 32 heavy (non-hydrogen) atoms. The standard InChI is InChI=1S/C20H13BrClF3N4O3/c1-9(19(30)31)4-10-2-3-12(14(22)5-10)16-27-18(32-28-16)15-8-29-7-11(20(23,24)25)6-13(21)17(29)26-15/h2-3,5-9H,4H2,1H3,(H,30,31). The monoisotopic (exact) mass is 528 g/mol. The molecule has 12 heteroatoms. The first kappa shape index (κ1) is 22.3. The molecule has 0 radical (unpaired) electrons. The summed E-state index contributed by atoms with van der Waals surface area (Å²) < 4.78 is 45.8. The van der Waals surface area contributed by atoms with E-state index in [2.05, 4.69) is 31.1 Å². The van der Waals surface area contributed by atoms with Gasteiger partial charge in [0.05, 0.1) is 21.0 Å². The Morgan fingerprint density at radius 1 is 1.28 bits per heavy atom. The molecule has 4 rings (SSSR count). The molecule has 4 aromatic rings. The molecule has 0 aliphatic carbocycles. The number of alkyl halides is 3. The topological polar surface area (TPSA) is 93.5 Å². The number of hydrogen-bond donors (Lipinski definition) is 1. The maximum absolute atomic E-state index is 13.1. The van der Waals surface area contributed by atoms with Crippen LogP contribution in [0.3, 0.4) is 0 Å². The fourth-order valence-corrected chi connectivity index (χ4v) is 3.89. The second-order valence-electron chi connectivity index (χ2n) is 7.11. The highest BCUT2D eigenvalue weighted by Crippen LogP contribution is 2.34. The smallest absolute Gasteiger partial charge is 0.417 e. The van der Waals surface area contributed by atoms with Crippen molar-refractivity contribution in [2.45, 2.75) is 19.5 Å². The average molecular weight is 530 g/mol. The van der Waals surface area contributed by atoms with Crippen molar-refractivity contribution >= 4 is 39.1 Å². The van der Waals surface area contributed by atoms with Crippen LogP contribution in [-0.4, -0.2) is 30.6 Å².